The van der Waals surface area contributed by atoms with Crippen LogP contribution in [0.2, 0.25) is 0 Å². The number of hydrogen-bond donors (Lipinski definition) is 2. The standard InChI is InChI=1S/C29H26N4O4S/c34-28(35)20-5-3-4-19(18-20)24-11-12-25(37-24)27-26(23-6-1-2-13-30-23)31-29(38)33(27)22-9-7-21(8-10-22)32-14-16-36-17-15-32/h1-13,18,26-27H,14-17H2,(H,31,38)(H,34,35)/t26-,27-/m0/s1. The maximum absolute atomic E-state index is 11.5. The van der Waals surface area contributed by atoms with E-state index in [0.717, 1.165) is 43.4 Å². The van der Waals surface area contributed by atoms with Crippen LogP contribution in [0, 0.1) is 0 Å². The third kappa shape index (κ3) is 4.62. The number of carboxylic acid groups (broad SMARTS) is 1. The van der Waals surface area contributed by atoms with Gasteiger partial charge in [-0.1, -0.05) is 18.2 Å². The number of benzene rings is 2. The first-order chi connectivity index (χ1) is 18.6. The number of aromatic nitrogens is 1. The normalized spacial score (nSPS) is 19.4. The van der Waals surface area contributed by atoms with Crippen LogP contribution in [0.1, 0.15) is 33.9 Å². The molecule has 2 N–H and O–H groups in total. The van der Waals surface area contributed by atoms with Gasteiger partial charge >= 0.3 is 5.97 Å². The number of aromatic carboxylic acids is 1. The second kappa shape index (κ2) is 10.3. The molecular weight excluding hydrogens is 500 g/mol. The van der Waals surface area contributed by atoms with E-state index in [-0.39, 0.29) is 17.6 Å². The first kappa shape index (κ1) is 24.1. The van der Waals surface area contributed by atoms with E-state index in [9.17, 15) is 9.90 Å². The van der Waals surface area contributed by atoms with Gasteiger partial charge in [0.15, 0.2) is 5.11 Å². The molecule has 6 rings (SSSR count). The molecular formula is C29H26N4O4S. The summed E-state index contributed by atoms with van der Waals surface area (Å²) in [4.78, 5) is 20.5. The Hall–Kier alpha value is -4.21. The van der Waals surface area contributed by atoms with Crippen LogP contribution in [0.15, 0.2) is 89.5 Å². The average Bonchev–Trinajstić information content (AvgIpc) is 3.59. The number of furan rings is 1. The Morgan fingerprint density at radius 1 is 0.974 bits per heavy atom. The SMILES string of the molecule is O=C(O)c1cccc(-c2ccc([C@H]3[C@H](c4ccccn4)NC(=S)N3c3ccc(N4CCOCC4)cc3)o2)c1. The minimum absolute atomic E-state index is 0.206. The number of nitrogens with one attached hydrogen (secondary N) is 1. The number of rotatable bonds is 6. The third-order valence-electron chi connectivity index (χ3n) is 6.91. The highest BCUT2D eigenvalue weighted by molar-refractivity contribution is 7.80. The summed E-state index contributed by atoms with van der Waals surface area (Å²) in [5, 5.41) is 13.4. The topological polar surface area (TPSA) is 91.1 Å². The van der Waals surface area contributed by atoms with Crippen molar-refractivity contribution in [2.24, 2.45) is 0 Å². The molecule has 38 heavy (non-hydrogen) atoms. The average molecular weight is 527 g/mol. The summed E-state index contributed by atoms with van der Waals surface area (Å²) >= 11 is 5.83. The van der Waals surface area contributed by atoms with Crippen molar-refractivity contribution in [2.45, 2.75) is 12.1 Å². The van der Waals surface area contributed by atoms with Crippen LogP contribution in [0.25, 0.3) is 11.3 Å². The van der Waals surface area contributed by atoms with Gasteiger partial charge in [-0.2, -0.15) is 0 Å². The number of hydrogen-bond acceptors (Lipinski definition) is 6. The molecule has 192 valence electrons. The highest BCUT2D eigenvalue weighted by Crippen LogP contribution is 2.43. The highest BCUT2D eigenvalue weighted by Gasteiger charge is 2.42. The maximum Gasteiger partial charge on any atom is 0.335 e. The van der Waals surface area contributed by atoms with Crippen LogP contribution in [0.3, 0.4) is 0 Å². The van der Waals surface area contributed by atoms with Crippen molar-refractivity contribution < 1.29 is 19.1 Å². The molecule has 2 aliphatic heterocycles. The zero-order valence-electron chi connectivity index (χ0n) is 20.5. The Morgan fingerprint density at radius 2 is 1.76 bits per heavy atom. The molecule has 0 bridgehead atoms. The monoisotopic (exact) mass is 526 g/mol. The Morgan fingerprint density at radius 3 is 2.50 bits per heavy atom. The van der Waals surface area contributed by atoms with Gasteiger partial charge in [0.25, 0.3) is 0 Å². The zero-order valence-corrected chi connectivity index (χ0v) is 21.3. The smallest absolute Gasteiger partial charge is 0.335 e. The number of morpholine rings is 1. The number of ether oxygens (including phenoxy) is 1. The summed E-state index contributed by atoms with van der Waals surface area (Å²) in [6.07, 6.45) is 1.77. The molecule has 0 radical (unpaired) electrons. The first-order valence-corrected chi connectivity index (χ1v) is 12.9. The lowest BCUT2D eigenvalue weighted by Crippen LogP contribution is -2.36. The summed E-state index contributed by atoms with van der Waals surface area (Å²) in [5.74, 6) is 0.301. The van der Waals surface area contributed by atoms with E-state index in [1.807, 2.05) is 36.4 Å². The van der Waals surface area contributed by atoms with Crippen LogP contribution in [-0.2, 0) is 4.74 Å². The van der Waals surface area contributed by atoms with Gasteiger partial charge in [-0.05, 0) is 72.9 Å². The fourth-order valence-corrected chi connectivity index (χ4v) is 5.39. The van der Waals surface area contributed by atoms with Crippen molar-refractivity contribution >= 4 is 34.7 Å². The summed E-state index contributed by atoms with van der Waals surface area (Å²) in [6, 6.07) is 24.2. The molecule has 2 saturated heterocycles. The van der Waals surface area contributed by atoms with E-state index in [1.54, 1.807) is 24.4 Å². The Bertz CT molecular complexity index is 1450. The van der Waals surface area contributed by atoms with Gasteiger partial charge in [-0.15, -0.1) is 0 Å². The van der Waals surface area contributed by atoms with Gasteiger partial charge in [-0.25, -0.2) is 4.79 Å². The zero-order chi connectivity index (χ0) is 26.1. The molecule has 0 aliphatic carbocycles. The highest BCUT2D eigenvalue weighted by atomic mass is 32.1. The lowest BCUT2D eigenvalue weighted by atomic mass is 10.0. The molecule has 2 aromatic heterocycles. The van der Waals surface area contributed by atoms with Crippen molar-refractivity contribution in [1.29, 1.82) is 0 Å². The summed E-state index contributed by atoms with van der Waals surface area (Å²) < 4.78 is 11.9. The van der Waals surface area contributed by atoms with Crippen LogP contribution < -0.4 is 15.1 Å². The summed E-state index contributed by atoms with van der Waals surface area (Å²) in [6.45, 7) is 3.19. The predicted molar refractivity (Wildman–Crippen MR) is 149 cm³/mol. The van der Waals surface area contributed by atoms with E-state index in [0.29, 0.717) is 22.2 Å². The minimum atomic E-state index is -0.981. The van der Waals surface area contributed by atoms with E-state index < -0.39 is 5.97 Å². The van der Waals surface area contributed by atoms with E-state index >= 15 is 0 Å². The maximum atomic E-state index is 11.5. The van der Waals surface area contributed by atoms with Crippen molar-refractivity contribution in [2.75, 3.05) is 36.1 Å². The fraction of sp³-hybridized carbons (Fsp3) is 0.207. The molecule has 4 heterocycles. The number of carboxylic acids is 1. The third-order valence-corrected chi connectivity index (χ3v) is 7.23. The first-order valence-electron chi connectivity index (χ1n) is 12.5. The molecule has 2 fully saturated rings. The van der Waals surface area contributed by atoms with Gasteiger partial charge in [0.05, 0.1) is 30.5 Å². The van der Waals surface area contributed by atoms with E-state index in [1.165, 1.54) is 0 Å². The van der Waals surface area contributed by atoms with Gasteiger partial charge in [0, 0.05) is 36.2 Å². The number of anilines is 2. The van der Waals surface area contributed by atoms with Crippen LogP contribution in [0.4, 0.5) is 11.4 Å². The number of nitrogens with zero attached hydrogens (tertiary/aromatic N) is 3. The predicted octanol–water partition coefficient (Wildman–Crippen LogP) is 5.05. The molecule has 9 heteroatoms. The number of pyridine rings is 1. The Labute approximate surface area is 225 Å². The lowest BCUT2D eigenvalue weighted by Gasteiger charge is -2.30. The van der Waals surface area contributed by atoms with Gasteiger partial charge < -0.3 is 29.4 Å². The fourth-order valence-electron chi connectivity index (χ4n) is 5.04. The molecule has 2 atom stereocenters. The van der Waals surface area contributed by atoms with Crippen molar-refractivity contribution in [3.8, 4) is 11.3 Å². The molecule has 0 saturated carbocycles. The molecule has 2 aliphatic rings. The van der Waals surface area contributed by atoms with Crippen LogP contribution >= 0.6 is 12.2 Å². The molecule has 0 spiro atoms. The number of carbonyl (C=O) groups is 1. The Balaban J connectivity index is 1.37. The van der Waals surface area contributed by atoms with E-state index in [2.05, 4.69) is 44.4 Å². The van der Waals surface area contributed by atoms with Gasteiger partial charge in [-0.3, -0.25) is 4.98 Å². The molecule has 0 amide bonds. The van der Waals surface area contributed by atoms with Gasteiger partial charge in [0.2, 0.25) is 0 Å². The minimum Gasteiger partial charge on any atom is -0.478 e. The molecule has 4 aromatic rings. The summed E-state index contributed by atoms with van der Waals surface area (Å²) in [7, 11) is 0. The lowest BCUT2D eigenvalue weighted by molar-refractivity contribution is 0.0697. The second-order valence-corrected chi connectivity index (χ2v) is 9.59. The van der Waals surface area contributed by atoms with Crippen LogP contribution in [0.5, 0.6) is 0 Å². The van der Waals surface area contributed by atoms with Gasteiger partial charge in [0.1, 0.15) is 17.6 Å². The van der Waals surface area contributed by atoms with Crippen molar-refractivity contribution in [1.82, 2.24) is 10.3 Å². The van der Waals surface area contributed by atoms with Crippen LogP contribution in [-0.4, -0.2) is 47.5 Å². The van der Waals surface area contributed by atoms with Crippen molar-refractivity contribution in [3.63, 3.8) is 0 Å². The molecule has 2 aromatic carbocycles. The molecule has 0 unspecified atom stereocenters. The quantitative estimate of drug-likeness (QED) is 0.335. The Kier molecular flexibility index (Phi) is 6.53. The summed E-state index contributed by atoms with van der Waals surface area (Å²) in [5.41, 5.74) is 3.83. The molecule has 8 nitrogen and oxygen atoms in total. The second-order valence-electron chi connectivity index (χ2n) is 9.20. The van der Waals surface area contributed by atoms with Crippen molar-refractivity contribution in [3.05, 3.63) is 102 Å². The largest absolute Gasteiger partial charge is 0.478 e. The number of thiocarbonyl (C=S) groups is 1. The van der Waals surface area contributed by atoms with E-state index in [4.69, 9.17) is 21.4 Å².